The smallest absolute Gasteiger partial charge is 0.392 e. The largest absolute Gasteiger partial charge is 0.482 e. The molecule has 0 saturated carbocycles. The summed E-state index contributed by atoms with van der Waals surface area (Å²) in [5, 5.41) is 9.06. The number of anilines is 1. The number of carboxylic acids is 1. The standard InChI is InChI=1S/C27H22ClF4NO5/c1-14(18-12-17(5-6-20(18)28)38-23-8-4-16(26(35)36)11-21(23)29)19(27(30,31)32)9-15-3-7-24-22(10-15)33(2)25(34)13-37-24/h3-8,10-12,14,19H,9,13H2,1-2H3,(H,35,36)/t14-,19+/m0/s1. The minimum absolute atomic E-state index is 0.0326. The molecule has 38 heavy (non-hydrogen) atoms. The predicted octanol–water partition coefficient (Wildman–Crippen LogP) is 6.85. The number of fused-ring (bicyclic) bond motifs is 1. The van der Waals surface area contributed by atoms with Crippen LogP contribution in [0.3, 0.4) is 0 Å². The van der Waals surface area contributed by atoms with Crippen molar-refractivity contribution in [3.8, 4) is 17.2 Å². The minimum Gasteiger partial charge on any atom is -0.482 e. The molecule has 0 spiro atoms. The topological polar surface area (TPSA) is 76.1 Å². The van der Waals surface area contributed by atoms with Gasteiger partial charge < -0.3 is 19.5 Å². The Labute approximate surface area is 220 Å². The second-order valence-electron chi connectivity index (χ2n) is 8.92. The van der Waals surface area contributed by atoms with Crippen LogP contribution in [-0.2, 0) is 11.2 Å². The lowest BCUT2D eigenvalue weighted by Gasteiger charge is -2.29. The van der Waals surface area contributed by atoms with Gasteiger partial charge in [-0.25, -0.2) is 9.18 Å². The van der Waals surface area contributed by atoms with Crippen LogP contribution in [0.15, 0.2) is 54.6 Å². The van der Waals surface area contributed by atoms with Crippen LogP contribution in [0.25, 0.3) is 0 Å². The number of likely N-dealkylation sites (N-methyl/N-ethyl adjacent to an activating group) is 1. The molecule has 2 atom stereocenters. The lowest BCUT2D eigenvalue weighted by atomic mass is 9.82. The lowest BCUT2D eigenvalue weighted by molar-refractivity contribution is -0.179. The van der Waals surface area contributed by atoms with Gasteiger partial charge in [0.15, 0.2) is 18.2 Å². The zero-order valence-electron chi connectivity index (χ0n) is 20.2. The monoisotopic (exact) mass is 551 g/mol. The van der Waals surface area contributed by atoms with Crippen LogP contribution in [0.1, 0.15) is 34.3 Å². The quantitative estimate of drug-likeness (QED) is 0.325. The van der Waals surface area contributed by atoms with Crippen molar-refractivity contribution in [2.45, 2.75) is 25.4 Å². The zero-order valence-corrected chi connectivity index (χ0v) is 20.9. The van der Waals surface area contributed by atoms with Gasteiger partial charge in [-0.3, -0.25) is 4.79 Å². The second kappa shape index (κ2) is 10.5. The molecule has 0 saturated heterocycles. The summed E-state index contributed by atoms with van der Waals surface area (Å²) < 4.78 is 68.1. The van der Waals surface area contributed by atoms with Gasteiger partial charge in [0.05, 0.1) is 17.2 Å². The molecule has 1 N–H and O–H groups in total. The number of carbonyl (C=O) groups is 2. The minimum atomic E-state index is -4.60. The van der Waals surface area contributed by atoms with Crippen molar-refractivity contribution in [2.75, 3.05) is 18.6 Å². The molecular weight excluding hydrogens is 530 g/mol. The first-order chi connectivity index (χ1) is 17.8. The van der Waals surface area contributed by atoms with E-state index in [1.54, 1.807) is 0 Å². The average molecular weight is 552 g/mol. The summed E-state index contributed by atoms with van der Waals surface area (Å²) >= 11 is 6.29. The highest BCUT2D eigenvalue weighted by Crippen LogP contribution is 2.44. The number of carboxylic acid groups (broad SMARTS) is 1. The maximum absolute atomic E-state index is 14.3. The van der Waals surface area contributed by atoms with Crippen molar-refractivity contribution in [3.05, 3.63) is 82.1 Å². The van der Waals surface area contributed by atoms with E-state index in [1.165, 1.54) is 55.3 Å². The van der Waals surface area contributed by atoms with E-state index in [1.807, 2.05) is 0 Å². The van der Waals surface area contributed by atoms with Crippen molar-refractivity contribution >= 4 is 29.2 Å². The first kappa shape index (κ1) is 27.3. The van der Waals surface area contributed by atoms with Gasteiger partial charge in [-0.2, -0.15) is 13.2 Å². The second-order valence-corrected chi connectivity index (χ2v) is 9.33. The van der Waals surface area contributed by atoms with Crippen molar-refractivity contribution in [1.82, 2.24) is 0 Å². The highest BCUT2D eigenvalue weighted by Gasteiger charge is 2.44. The van der Waals surface area contributed by atoms with Crippen molar-refractivity contribution in [2.24, 2.45) is 5.92 Å². The fourth-order valence-corrected chi connectivity index (χ4v) is 4.56. The number of rotatable bonds is 7. The van der Waals surface area contributed by atoms with E-state index in [-0.39, 0.29) is 40.2 Å². The van der Waals surface area contributed by atoms with Gasteiger partial charge in [0.1, 0.15) is 11.5 Å². The zero-order chi connectivity index (χ0) is 27.8. The molecular formula is C27H22ClF4NO5. The maximum atomic E-state index is 14.3. The van der Waals surface area contributed by atoms with Gasteiger partial charge in [0.2, 0.25) is 0 Å². The van der Waals surface area contributed by atoms with Gasteiger partial charge in [-0.15, -0.1) is 0 Å². The van der Waals surface area contributed by atoms with Gasteiger partial charge in [-0.1, -0.05) is 24.6 Å². The Morgan fingerprint density at radius 1 is 1.16 bits per heavy atom. The van der Waals surface area contributed by atoms with E-state index in [9.17, 15) is 27.2 Å². The third-order valence-electron chi connectivity index (χ3n) is 6.45. The third kappa shape index (κ3) is 5.70. The van der Waals surface area contributed by atoms with Crippen LogP contribution >= 0.6 is 11.6 Å². The number of nitrogens with zero attached hydrogens (tertiary/aromatic N) is 1. The highest BCUT2D eigenvalue weighted by molar-refractivity contribution is 6.31. The Kier molecular flexibility index (Phi) is 7.55. The Morgan fingerprint density at radius 2 is 1.89 bits per heavy atom. The van der Waals surface area contributed by atoms with Crippen LogP contribution in [0.4, 0.5) is 23.2 Å². The normalized spacial score (nSPS) is 14.9. The summed E-state index contributed by atoms with van der Waals surface area (Å²) in [7, 11) is 1.53. The van der Waals surface area contributed by atoms with E-state index < -0.39 is 36.2 Å². The fraction of sp³-hybridized carbons (Fsp3) is 0.259. The molecule has 3 aromatic rings. The third-order valence-corrected chi connectivity index (χ3v) is 6.80. The van der Waals surface area contributed by atoms with Crippen LogP contribution in [0, 0.1) is 11.7 Å². The molecule has 0 aliphatic carbocycles. The number of hydrogen-bond acceptors (Lipinski definition) is 4. The van der Waals surface area contributed by atoms with Gasteiger partial charge in [0.25, 0.3) is 5.91 Å². The number of benzene rings is 3. The van der Waals surface area contributed by atoms with Crippen LogP contribution in [0.2, 0.25) is 5.02 Å². The number of carbonyl (C=O) groups excluding carboxylic acids is 1. The first-order valence-electron chi connectivity index (χ1n) is 11.4. The summed E-state index contributed by atoms with van der Waals surface area (Å²) in [4.78, 5) is 24.3. The highest BCUT2D eigenvalue weighted by atomic mass is 35.5. The Morgan fingerprint density at radius 3 is 2.55 bits per heavy atom. The van der Waals surface area contributed by atoms with E-state index in [0.717, 1.165) is 18.2 Å². The first-order valence-corrected chi connectivity index (χ1v) is 11.8. The molecule has 1 heterocycles. The molecule has 0 radical (unpaired) electrons. The summed E-state index contributed by atoms with van der Waals surface area (Å²) in [6, 6.07) is 11.7. The SMILES string of the molecule is C[C@@H](c1cc(Oc2ccc(C(=O)O)cc2F)ccc1Cl)[C@@H](Cc1ccc2c(c1)N(C)C(=O)CO2)C(F)(F)F. The van der Waals surface area contributed by atoms with Crippen molar-refractivity contribution < 1.29 is 41.7 Å². The maximum Gasteiger partial charge on any atom is 0.392 e. The molecule has 0 bridgehead atoms. The molecule has 0 unspecified atom stereocenters. The van der Waals surface area contributed by atoms with Crippen LogP contribution in [-0.4, -0.2) is 36.8 Å². The number of halogens is 5. The average Bonchev–Trinajstić information content (AvgIpc) is 2.86. The molecule has 0 fully saturated rings. The molecule has 1 aliphatic heterocycles. The van der Waals surface area contributed by atoms with E-state index in [4.69, 9.17) is 26.2 Å². The van der Waals surface area contributed by atoms with E-state index in [2.05, 4.69) is 0 Å². The molecule has 6 nitrogen and oxygen atoms in total. The summed E-state index contributed by atoms with van der Waals surface area (Å²) in [6.07, 6.45) is -5.00. The molecule has 1 aliphatic rings. The molecule has 11 heteroatoms. The predicted molar refractivity (Wildman–Crippen MR) is 132 cm³/mol. The number of alkyl halides is 3. The van der Waals surface area contributed by atoms with Gasteiger partial charge in [0, 0.05) is 12.1 Å². The van der Waals surface area contributed by atoms with Gasteiger partial charge >= 0.3 is 12.1 Å². The van der Waals surface area contributed by atoms with Crippen LogP contribution in [0.5, 0.6) is 17.2 Å². The van der Waals surface area contributed by atoms with E-state index in [0.29, 0.717) is 17.0 Å². The van der Waals surface area contributed by atoms with Crippen molar-refractivity contribution in [1.29, 1.82) is 0 Å². The number of ether oxygens (including phenoxy) is 2. The molecule has 1 amide bonds. The lowest BCUT2D eigenvalue weighted by Crippen LogP contribution is -2.35. The molecule has 0 aromatic heterocycles. The van der Waals surface area contributed by atoms with Crippen LogP contribution < -0.4 is 14.4 Å². The Balaban J connectivity index is 1.62. The Bertz CT molecular complexity index is 1390. The number of aromatic carboxylic acids is 1. The van der Waals surface area contributed by atoms with Gasteiger partial charge in [-0.05, 0) is 72.0 Å². The molecule has 3 aromatic carbocycles. The van der Waals surface area contributed by atoms with Crippen molar-refractivity contribution in [3.63, 3.8) is 0 Å². The fourth-order valence-electron chi connectivity index (χ4n) is 4.27. The molecule has 200 valence electrons. The van der Waals surface area contributed by atoms with E-state index >= 15 is 0 Å². The number of amides is 1. The summed E-state index contributed by atoms with van der Waals surface area (Å²) in [5.74, 6) is -5.41. The number of hydrogen-bond donors (Lipinski definition) is 1. The summed E-state index contributed by atoms with van der Waals surface area (Å²) in [6.45, 7) is 1.25. The molecule has 4 rings (SSSR count). The summed E-state index contributed by atoms with van der Waals surface area (Å²) in [5.41, 5.74) is 0.601. The Hall–Kier alpha value is -3.79.